The van der Waals surface area contributed by atoms with Gasteiger partial charge in [-0.3, -0.25) is 9.52 Å². The summed E-state index contributed by atoms with van der Waals surface area (Å²) >= 11 is 0. The lowest BCUT2D eigenvalue weighted by Gasteiger charge is -2.21. The Labute approximate surface area is 255 Å². The van der Waals surface area contributed by atoms with Crippen molar-refractivity contribution in [3.05, 3.63) is 102 Å². The van der Waals surface area contributed by atoms with Gasteiger partial charge in [-0.1, -0.05) is 35.5 Å². The Bertz CT molecular complexity index is 1920. The predicted octanol–water partition coefficient (Wildman–Crippen LogP) is 6.42. The number of methoxy groups -OCH3 is 1. The minimum atomic E-state index is -3.87. The second kappa shape index (κ2) is 12.3. The summed E-state index contributed by atoms with van der Waals surface area (Å²) in [5, 5.41) is 9.27. The van der Waals surface area contributed by atoms with Crippen LogP contribution in [0.5, 0.6) is 17.2 Å². The number of ether oxygens (including phenoxy) is 3. The second-order valence-corrected chi connectivity index (χ2v) is 12.2. The number of benzene rings is 4. The summed E-state index contributed by atoms with van der Waals surface area (Å²) in [6.45, 7) is 1.82. The molecule has 5 aromatic rings. The summed E-state index contributed by atoms with van der Waals surface area (Å²) in [5.41, 5.74) is 2.58. The molecule has 1 aliphatic heterocycles. The lowest BCUT2D eigenvalue weighted by atomic mass is 9.96. The van der Waals surface area contributed by atoms with Crippen molar-refractivity contribution in [3.8, 4) is 17.2 Å². The van der Waals surface area contributed by atoms with Gasteiger partial charge in [0.2, 0.25) is 6.79 Å². The van der Waals surface area contributed by atoms with Gasteiger partial charge in [-0.15, -0.1) is 0 Å². The molecule has 1 atom stereocenters. The lowest BCUT2D eigenvalue weighted by Crippen LogP contribution is -2.16. The standard InChI is InChI=1S/C33H31N3O7S/c1-21-15-33(35-43-21)36-44(38,39)29-12-8-26(9-13-29)34-30(25-7-14-31-32(18-25)42-20-41-31)19-27(37)10-4-22-3-5-24-17-28(40-2)11-6-23(24)16-22/h3,5-9,11-18,30,34H,4,10,19-20H2,1-2H3,(H,35,36). The number of Topliss-reactive ketones (excluding diaryl/α,β-unsaturated/α-hetero) is 1. The van der Waals surface area contributed by atoms with Gasteiger partial charge in [0.25, 0.3) is 10.0 Å². The van der Waals surface area contributed by atoms with Gasteiger partial charge in [0.15, 0.2) is 17.3 Å². The molecule has 226 valence electrons. The van der Waals surface area contributed by atoms with Crippen LogP contribution in [0.4, 0.5) is 11.5 Å². The minimum Gasteiger partial charge on any atom is -0.497 e. The van der Waals surface area contributed by atoms with Gasteiger partial charge in [0.05, 0.1) is 18.0 Å². The summed E-state index contributed by atoms with van der Waals surface area (Å²) in [7, 11) is -2.22. The highest BCUT2D eigenvalue weighted by Gasteiger charge is 2.22. The first-order chi connectivity index (χ1) is 21.3. The van der Waals surface area contributed by atoms with Crippen LogP contribution < -0.4 is 24.2 Å². The van der Waals surface area contributed by atoms with Crippen LogP contribution in [-0.2, 0) is 21.2 Å². The van der Waals surface area contributed by atoms with Crippen molar-refractivity contribution < 1.29 is 31.9 Å². The number of rotatable bonds is 12. The fraction of sp³-hybridized carbons (Fsp3) is 0.212. The SMILES string of the molecule is COc1ccc2cc(CCC(=O)CC(Nc3ccc(S(=O)(=O)Nc4cc(C)on4)cc3)c3ccc4c(c3)OCO4)ccc2c1. The van der Waals surface area contributed by atoms with E-state index in [1.54, 1.807) is 26.2 Å². The molecule has 11 heteroatoms. The Morgan fingerprint density at radius 1 is 0.932 bits per heavy atom. The van der Waals surface area contributed by atoms with Crippen LogP contribution in [-0.4, -0.2) is 33.3 Å². The minimum absolute atomic E-state index is 0.0632. The summed E-state index contributed by atoms with van der Waals surface area (Å²) in [6, 6.07) is 25.1. The van der Waals surface area contributed by atoms with Crippen molar-refractivity contribution in [2.45, 2.75) is 37.1 Å². The maximum absolute atomic E-state index is 13.3. The highest BCUT2D eigenvalue weighted by atomic mass is 32.2. The fourth-order valence-electron chi connectivity index (χ4n) is 5.09. The molecule has 0 spiro atoms. The van der Waals surface area contributed by atoms with Crippen LogP contribution in [0.3, 0.4) is 0 Å². The molecule has 1 aliphatic rings. The zero-order valence-electron chi connectivity index (χ0n) is 24.2. The summed E-state index contributed by atoms with van der Waals surface area (Å²) in [6.07, 6.45) is 1.20. The number of sulfonamides is 1. The molecule has 2 N–H and O–H groups in total. The first-order valence-electron chi connectivity index (χ1n) is 14.1. The molecule has 10 nitrogen and oxygen atoms in total. The Hall–Kier alpha value is -5.03. The topological polar surface area (TPSA) is 129 Å². The number of ketones is 1. The van der Waals surface area contributed by atoms with E-state index in [1.807, 2.05) is 48.5 Å². The Balaban J connectivity index is 1.16. The number of nitrogens with one attached hydrogen (secondary N) is 2. The number of aryl methyl sites for hydroxylation is 2. The smallest absolute Gasteiger partial charge is 0.263 e. The Morgan fingerprint density at radius 3 is 2.48 bits per heavy atom. The molecule has 0 fully saturated rings. The first kappa shape index (κ1) is 29.1. The highest BCUT2D eigenvalue weighted by Crippen LogP contribution is 2.36. The van der Waals surface area contributed by atoms with E-state index in [0.29, 0.717) is 35.8 Å². The van der Waals surface area contributed by atoms with Crippen LogP contribution in [0, 0.1) is 6.92 Å². The van der Waals surface area contributed by atoms with E-state index in [-0.39, 0.29) is 35.8 Å². The predicted molar refractivity (Wildman–Crippen MR) is 166 cm³/mol. The fourth-order valence-corrected chi connectivity index (χ4v) is 6.08. The molecule has 0 saturated carbocycles. The number of carbonyl (C=O) groups excluding carboxylic acids is 1. The number of anilines is 2. The van der Waals surface area contributed by atoms with Gasteiger partial charge in [0.1, 0.15) is 17.3 Å². The number of aromatic nitrogens is 1. The van der Waals surface area contributed by atoms with E-state index >= 15 is 0 Å². The molecular weight excluding hydrogens is 582 g/mol. The number of carbonyl (C=O) groups is 1. The number of hydrogen-bond donors (Lipinski definition) is 2. The highest BCUT2D eigenvalue weighted by molar-refractivity contribution is 7.92. The van der Waals surface area contributed by atoms with Crippen molar-refractivity contribution in [2.75, 3.05) is 23.9 Å². The zero-order chi connectivity index (χ0) is 30.7. The van der Waals surface area contributed by atoms with Gasteiger partial charge in [-0.2, -0.15) is 0 Å². The normalized spacial score (nSPS) is 13.0. The van der Waals surface area contributed by atoms with E-state index in [0.717, 1.165) is 27.6 Å². The van der Waals surface area contributed by atoms with Crippen molar-refractivity contribution in [2.24, 2.45) is 0 Å². The van der Waals surface area contributed by atoms with Gasteiger partial charge in [-0.25, -0.2) is 8.42 Å². The monoisotopic (exact) mass is 613 g/mol. The van der Waals surface area contributed by atoms with E-state index in [9.17, 15) is 13.2 Å². The van der Waals surface area contributed by atoms with E-state index in [4.69, 9.17) is 18.7 Å². The molecule has 44 heavy (non-hydrogen) atoms. The largest absolute Gasteiger partial charge is 0.497 e. The molecule has 6 rings (SSSR count). The van der Waals surface area contributed by atoms with Crippen molar-refractivity contribution in [3.63, 3.8) is 0 Å². The average Bonchev–Trinajstić information content (AvgIpc) is 3.67. The number of nitrogens with zero attached hydrogens (tertiary/aromatic N) is 1. The van der Waals surface area contributed by atoms with Crippen LogP contribution in [0.1, 0.15) is 35.8 Å². The van der Waals surface area contributed by atoms with Crippen molar-refractivity contribution >= 4 is 38.1 Å². The summed E-state index contributed by atoms with van der Waals surface area (Å²) in [4.78, 5) is 13.4. The molecule has 1 aromatic heterocycles. The Morgan fingerprint density at radius 2 is 1.70 bits per heavy atom. The third-order valence-electron chi connectivity index (χ3n) is 7.41. The molecule has 0 aliphatic carbocycles. The van der Waals surface area contributed by atoms with Gasteiger partial charge in [0, 0.05) is 24.6 Å². The number of hydrogen-bond acceptors (Lipinski definition) is 9. The van der Waals surface area contributed by atoms with E-state index in [2.05, 4.69) is 21.3 Å². The zero-order valence-corrected chi connectivity index (χ0v) is 25.0. The summed E-state index contributed by atoms with van der Waals surface area (Å²) < 4.78 is 49.3. The maximum Gasteiger partial charge on any atom is 0.263 e. The molecule has 4 aromatic carbocycles. The van der Waals surface area contributed by atoms with E-state index < -0.39 is 10.0 Å². The van der Waals surface area contributed by atoms with E-state index in [1.165, 1.54) is 18.2 Å². The average molecular weight is 614 g/mol. The van der Waals surface area contributed by atoms with Gasteiger partial charge < -0.3 is 24.1 Å². The molecule has 0 bridgehead atoms. The van der Waals surface area contributed by atoms with Crippen molar-refractivity contribution in [1.82, 2.24) is 5.16 Å². The van der Waals surface area contributed by atoms with Gasteiger partial charge >= 0.3 is 0 Å². The van der Waals surface area contributed by atoms with Crippen LogP contribution in [0.25, 0.3) is 10.8 Å². The summed E-state index contributed by atoms with van der Waals surface area (Å²) in [5.74, 6) is 2.75. The lowest BCUT2D eigenvalue weighted by molar-refractivity contribution is -0.119. The molecule has 2 heterocycles. The van der Waals surface area contributed by atoms with Gasteiger partial charge in [-0.05, 0) is 83.8 Å². The molecular formula is C33H31N3O7S. The Kier molecular flexibility index (Phi) is 8.12. The van der Waals surface area contributed by atoms with Crippen LogP contribution in [0.15, 0.2) is 94.3 Å². The van der Waals surface area contributed by atoms with Crippen LogP contribution >= 0.6 is 0 Å². The quantitative estimate of drug-likeness (QED) is 0.164. The molecule has 1 unspecified atom stereocenters. The van der Waals surface area contributed by atoms with Crippen LogP contribution in [0.2, 0.25) is 0 Å². The maximum atomic E-state index is 13.3. The molecule has 0 amide bonds. The number of fused-ring (bicyclic) bond motifs is 2. The first-order valence-corrected chi connectivity index (χ1v) is 15.5. The molecule has 0 saturated heterocycles. The third-order valence-corrected chi connectivity index (χ3v) is 8.78. The third kappa shape index (κ3) is 6.63. The van der Waals surface area contributed by atoms with Crippen molar-refractivity contribution in [1.29, 1.82) is 0 Å². The second-order valence-electron chi connectivity index (χ2n) is 10.6. The molecule has 0 radical (unpaired) electrons.